The Bertz CT molecular complexity index is 1020. The van der Waals surface area contributed by atoms with E-state index in [4.69, 9.17) is 22.9 Å². The van der Waals surface area contributed by atoms with Crippen molar-refractivity contribution in [3.63, 3.8) is 0 Å². The molecule has 2 aliphatic rings. The van der Waals surface area contributed by atoms with Crippen LogP contribution in [-0.4, -0.2) is 103 Å². The number of aliphatic hydroxyl groups is 1. The maximum absolute atomic E-state index is 13.1. The molecule has 16 N–H and O–H groups in total. The first kappa shape index (κ1) is 29.7. The van der Waals surface area contributed by atoms with Crippen LogP contribution in [0.15, 0.2) is 16.9 Å². The second-order valence-corrected chi connectivity index (χ2v) is 8.21. The minimum absolute atomic E-state index is 0.0163. The van der Waals surface area contributed by atoms with E-state index in [1.165, 1.54) is 0 Å². The number of hydrogen-bond donors (Lipinski definition) is 12. The molecule has 19 heteroatoms. The van der Waals surface area contributed by atoms with E-state index < -0.39 is 91.2 Å². The molecule has 7 amide bonds. The van der Waals surface area contributed by atoms with Gasteiger partial charge in [0.1, 0.15) is 29.9 Å². The van der Waals surface area contributed by atoms with Crippen molar-refractivity contribution in [3.8, 4) is 0 Å². The Kier molecular flexibility index (Phi) is 10.7. The second-order valence-electron chi connectivity index (χ2n) is 8.21. The average Bonchev–Trinajstić information content (AvgIpc) is 2.88. The smallest absolute Gasteiger partial charge is 0.316 e. The van der Waals surface area contributed by atoms with Crippen LogP contribution in [0.2, 0.25) is 0 Å². The molecule has 0 radical (unpaired) electrons. The summed E-state index contributed by atoms with van der Waals surface area (Å²) < 4.78 is 0. The Hall–Kier alpha value is -4.49. The molecule has 0 aliphatic carbocycles. The second kappa shape index (κ2) is 13.7. The number of aliphatic imine (C=N–C) groups is 1. The number of amides is 7. The summed E-state index contributed by atoms with van der Waals surface area (Å²) in [7, 11) is 0. The summed E-state index contributed by atoms with van der Waals surface area (Å²) in [5.74, 6) is -4.69. The van der Waals surface area contributed by atoms with Gasteiger partial charge in [-0.1, -0.05) is 0 Å². The van der Waals surface area contributed by atoms with Gasteiger partial charge in [0, 0.05) is 25.8 Å². The summed E-state index contributed by atoms with van der Waals surface area (Å²) in [4.78, 5) is 79.2. The number of carbonyl (C=O) groups is 6. The Morgan fingerprint density at radius 1 is 1.03 bits per heavy atom. The molecule has 0 saturated carbocycles. The van der Waals surface area contributed by atoms with Crippen molar-refractivity contribution in [3.05, 3.63) is 11.9 Å². The molecular weight excluding hydrogens is 508 g/mol. The molecule has 2 rings (SSSR count). The SMILES string of the molecule is NCC1NC(=O)[C@H](CO)NC(=O)[C@@H](N)CNC(=O)C([C@H]2CCN=C(N)N2)NC(=O)/C(=C/NC(N)=O)NC1=O. The quantitative estimate of drug-likeness (QED) is 0.148. The number of aliphatic hydroxyl groups excluding tert-OH is 1. The third-order valence-corrected chi connectivity index (χ3v) is 5.41. The largest absolute Gasteiger partial charge is 0.394 e. The molecule has 0 aromatic carbocycles. The molecule has 210 valence electrons. The standard InChI is InChI=1S/C19H32N12O7/c20-3-9-14(34)28-10(5-26-19(23)38)15(35)31-12(8-1-2-24-18(22)30-8)17(37)25-4-7(21)13(33)29-11(6-32)16(36)27-9/h5,7-9,11-12,32H,1-4,6,20-21H2,(H,25,37)(H,27,36)(H,28,34)(H,29,33)(H,31,35)(H3,22,24,30)(H3,23,26,38)/b10-5-/t7-,8+,9?,11-,12?/m0/s1. The maximum Gasteiger partial charge on any atom is 0.316 e. The molecule has 38 heavy (non-hydrogen) atoms. The van der Waals surface area contributed by atoms with Crippen LogP contribution in [0.5, 0.6) is 0 Å². The number of guanidine groups is 1. The first-order valence-electron chi connectivity index (χ1n) is 11.4. The predicted octanol–water partition coefficient (Wildman–Crippen LogP) is -7.85. The number of primary amides is 1. The molecule has 0 aromatic rings. The summed E-state index contributed by atoms with van der Waals surface area (Å²) in [6.07, 6.45) is 1.04. The van der Waals surface area contributed by atoms with Crippen LogP contribution in [0.1, 0.15) is 6.42 Å². The zero-order chi connectivity index (χ0) is 28.4. The van der Waals surface area contributed by atoms with Gasteiger partial charge in [-0.2, -0.15) is 0 Å². The fraction of sp³-hybridized carbons (Fsp3) is 0.526. The van der Waals surface area contributed by atoms with E-state index in [-0.39, 0.29) is 18.9 Å². The number of hydrogen-bond acceptors (Lipinski definition) is 12. The lowest BCUT2D eigenvalue weighted by atomic mass is 10.0. The van der Waals surface area contributed by atoms with Crippen molar-refractivity contribution in [2.24, 2.45) is 27.9 Å². The van der Waals surface area contributed by atoms with Crippen LogP contribution in [0, 0.1) is 0 Å². The lowest BCUT2D eigenvalue weighted by Gasteiger charge is -2.31. The number of nitrogens with two attached hydrogens (primary N) is 4. The summed E-state index contributed by atoms with van der Waals surface area (Å²) >= 11 is 0. The fourth-order valence-electron chi connectivity index (χ4n) is 3.36. The van der Waals surface area contributed by atoms with Gasteiger partial charge in [0.2, 0.25) is 23.6 Å². The van der Waals surface area contributed by atoms with Crippen molar-refractivity contribution in [1.82, 2.24) is 37.2 Å². The van der Waals surface area contributed by atoms with E-state index in [2.05, 4.69) is 36.9 Å². The maximum atomic E-state index is 13.1. The van der Waals surface area contributed by atoms with E-state index in [0.29, 0.717) is 0 Å². The van der Waals surface area contributed by atoms with Crippen molar-refractivity contribution in [1.29, 1.82) is 0 Å². The molecule has 2 heterocycles. The van der Waals surface area contributed by atoms with Gasteiger partial charge in [-0.15, -0.1) is 0 Å². The fourth-order valence-corrected chi connectivity index (χ4v) is 3.36. The van der Waals surface area contributed by atoms with Crippen molar-refractivity contribution >= 4 is 41.5 Å². The molecule has 19 nitrogen and oxygen atoms in total. The Morgan fingerprint density at radius 3 is 2.32 bits per heavy atom. The third-order valence-electron chi connectivity index (χ3n) is 5.41. The van der Waals surface area contributed by atoms with Crippen molar-refractivity contribution in [2.75, 3.05) is 26.2 Å². The first-order valence-corrected chi connectivity index (χ1v) is 11.4. The number of nitrogens with zero attached hydrogens (tertiary/aromatic N) is 1. The molecule has 1 fully saturated rings. The third kappa shape index (κ3) is 8.28. The number of rotatable bonds is 4. The van der Waals surface area contributed by atoms with Crippen molar-refractivity contribution in [2.45, 2.75) is 36.6 Å². The van der Waals surface area contributed by atoms with Gasteiger partial charge in [0.15, 0.2) is 5.96 Å². The molecule has 5 atom stereocenters. The average molecular weight is 541 g/mol. The van der Waals surface area contributed by atoms with Crippen molar-refractivity contribution < 1.29 is 33.9 Å². The molecule has 2 unspecified atom stereocenters. The lowest BCUT2D eigenvalue weighted by Crippen LogP contribution is -2.64. The van der Waals surface area contributed by atoms with Gasteiger partial charge in [0.05, 0.1) is 12.6 Å². The monoisotopic (exact) mass is 540 g/mol. The molecule has 1 saturated heterocycles. The summed E-state index contributed by atoms with van der Waals surface area (Å²) in [6.45, 7) is -1.50. The minimum atomic E-state index is -1.52. The highest BCUT2D eigenvalue weighted by Gasteiger charge is 2.34. The molecule has 0 bridgehead atoms. The van der Waals surface area contributed by atoms with E-state index in [1.54, 1.807) is 0 Å². The highest BCUT2D eigenvalue weighted by molar-refractivity contribution is 6.02. The predicted molar refractivity (Wildman–Crippen MR) is 130 cm³/mol. The number of urea groups is 1. The van der Waals surface area contributed by atoms with Gasteiger partial charge in [-0.3, -0.25) is 29.0 Å². The van der Waals surface area contributed by atoms with Crippen LogP contribution >= 0.6 is 0 Å². The topological polar surface area (TPSA) is 323 Å². The molecule has 2 aliphatic heterocycles. The van der Waals surface area contributed by atoms with Crippen LogP contribution < -0.4 is 60.2 Å². The highest BCUT2D eigenvalue weighted by atomic mass is 16.3. The zero-order valence-electron chi connectivity index (χ0n) is 20.2. The molecular formula is C19H32N12O7. The summed E-state index contributed by atoms with van der Waals surface area (Å²) in [6, 6.07) is -7.50. The Labute approximate surface area is 215 Å². The van der Waals surface area contributed by atoms with Gasteiger partial charge in [-0.25, -0.2) is 4.79 Å². The van der Waals surface area contributed by atoms with E-state index in [0.717, 1.165) is 6.20 Å². The highest BCUT2D eigenvalue weighted by Crippen LogP contribution is 2.06. The van der Waals surface area contributed by atoms with E-state index in [1.807, 2.05) is 5.32 Å². The van der Waals surface area contributed by atoms with E-state index >= 15 is 0 Å². The Balaban J connectivity index is 2.46. The normalized spacial score (nSPS) is 29.0. The van der Waals surface area contributed by atoms with Gasteiger partial charge < -0.3 is 65.3 Å². The summed E-state index contributed by atoms with van der Waals surface area (Å²) in [5.41, 5.74) is 21.6. The Morgan fingerprint density at radius 2 is 1.71 bits per heavy atom. The van der Waals surface area contributed by atoms with Gasteiger partial charge in [0.25, 0.3) is 5.91 Å². The molecule has 0 aromatic heterocycles. The lowest BCUT2D eigenvalue weighted by molar-refractivity contribution is -0.133. The zero-order valence-corrected chi connectivity index (χ0v) is 20.2. The number of nitrogens with one attached hydrogen (secondary N) is 7. The van der Waals surface area contributed by atoms with E-state index in [9.17, 15) is 33.9 Å². The molecule has 0 spiro atoms. The van der Waals surface area contributed by atoms with Gasteiger partial charge in [-0.05, 0) is 6.42 Å². The number of carbonyl (C=O) groups excluding carboxylic acids is 6. The van der Waals surface area contributed by atoms with Crippen LogP contribution in [0.3, 0.4) is 0 Å². The first-order chi connectivity index (χ1) is 18.0. The summed E-state index contributed by atoms with van der Waals surface area (Å²) in [5, 5.41) is 25.9. The minimum Gasteiger partial charge on any atom is -0.394 e. The van der Waals surface area contributed by atoms with Gasteiger partial charge >= 0.3 is 6.03 Å². The van der Waals surface area contributed by atoms with Crippen LogP contribution in [0.25, 0.3) is 0 Å². The van der Waals surface area contributed by atoms with Crippen LogP contribution in [-0.2, 0) is 24.0 Å². The van der Waals surface area contributed by atoms with Crippen LogP contribution in [0.4, 0.5) is 4.79 Å².